The summed E-state index contributed by atoms with van der Waals surface area (Å²) in [5.41, 5.74) is 0. The molecule has 0 spiro atoms. The highest BCUT2D eigenvalue weighted by atomic mass is 35.5. The summed E-state index contributed by atoms with van der Waals surface area (Å²) in [5, 5.41) is 0. The summed E-state index contributed by atoms with van der Waals surface area (Å²) in [5.74, 6) is 2.29. The Hall–Kier alpha value is -1.03. The molecule has 0 aromatic carbocycles. The lowest BCUT2D eigenvalue weighted by Gasteiger charge is -2.23. The van der Waals surface area contributed by atoms with E-state index in [9.17, 15) is 0 Å². The summed E-state index contributed by atoms with van der Waals surface area (Å²) < 4.78 is 0. The normalized spacial score (nSPS) is 10.2. The maximum atomic E-state index is 5.79. The monoisotopic (exact) mass is 242 g/mol. The van der Waals surface area contributed by atoms with Gasteiger partial charge in [0.1, 0.15) is 5.82 Å². The molecule has 0 radical (unpaired) electrons. The van der Waals surface area contributed by atoms with Gasteiger partial charge in [-0.3, -0.25) is 0 Å². The zero-order valence-corrected chi connectivity index (χ0v) is 10.9. The van der Waals surface area contributed by atoms with E-state index in [2.05, 4.69) is 21.8 Å². The van der Waals surface area contributed by atoms with Gasteiger partial charge in [0.05, 0.1) is 0 Å². The number of nitrogens with zero attached hydrogens (tertiary/aromatic N) is 4. The Bertz CT molecular complexity index is 311. The van der Waals surface area contributed by atoms with E-state index in [0.717, 1.165) is 31.3 Å². The zero-order chi connectivity index (χ0) is 12.0. The second-order valence-electron chi connectivity index (χ2n) is 3.79. The molecule has 0 unspecified atom stereocenters. The van der Waals surface area contributed by atoms with Crippen LogP contribution in [0.3, 0.4) is 0 Å². The van der Waals surface area contributed by atoms with Gasteiger partial charge < -0.3 is 9.80 Å². The van der Waals surface area contributed by atoms with Crippen LogP contribution in [0.1, 0.15) is 13.3 Å². The summed E-state index contributed by atoms with van der Waals surface area (Å²) in [4.78, 5) is 12.8. The number of rotatable bonds is 6. The first-order valence-corrected chi connectivity index (χ1v) is 6.03. The number of hydrogen-bond donors (Lipinski definition) is 0. The molecule has 1 heterocycles. The second kappa shape index (κ2) is 6.53. The molecule has 90 valence electrons. The molecule has 0 fully saturated rings. The van der Waals surface area contributed by atoms with Crippen LogP contribution in [0.25, 0.3) is 0 Å². The van der Waals surface area contributed by atoms with E-state index in [1.807, 2.05) is 25.1 Å². The van der Waals surface area contributed by atoms with Crippen LogP contribution in [-0.2, 0) is 0 Å². The molecule has 1 aromatic heterocycles. The van der Waals surface area contributed by atoms with Crippen LogP contribution < -0.4 is 9.80 Å². The van der Waals surface area contributed by atoms with Gasteiger partial charge in [-0.15, -0.1) is 11.6 Å². The van der Waals surface area contributed by atoms with Crippen LogP contribution in [0, 0.1) is 0 Å². The van der Waals surface area contributed by atoms with Crippen molar-refractivity contribution in [2.24, 2.45) is 0 Å². The van der Waals surface area contributed by atoms with Crippen LogP contribution in [0.15, 0.2) is 12.3 Å². The summed E-state index contributed by atoms with van der Waals surface area (Å²) in [7, 11) is 3.87. The third-order valence-corrected chi connectivity index (χ3v) is 2.37. The molecular weight excluding hydrogens is 224 g/mol. The Morgan fingerprint density at radius 1 is 1.31 bits per heavy atom. The Morgan fingerprint density at radius 3 is 2.62 bits per heavy atom. The Morgan fingerprint density at radius 2 is 2.06 bits per heavy atom. The van der Waals surface area contributed by atoms with Crippen molar-refractivity contribution in [2.75, 3.05) is 42.9 Å². The van der Waals surface area contributed by atoms with E-state index >= 15 is 0 Å². The lowest BCUT2D eigenvalue weighted by molar-refractivity contribution is 0.777. The summed E-state index contributed by atoms with van der Waals surface area (Å²) in [6.45, 7) is 3.94. The van der Waals surface area contributed by atoms with E-state index in [-0.39, 0.29) is 0 Å². The quantitative estimate of drug-likeness (QED) is 0.715. The van der Waals surface area contributed by atoms with Crippen molar-refractivity contribution in [3.8, 4) is 0 Å². The van der Waals surface area contributed by atoms with Crippen molar-refractivity contribution in [3.63, 3.8) is 0 Å². The number of anilines is 2. The fourth-order valence-electron chi connectivity index (χ4n) is 1.44. The largest absolute Gasteiger partial charge is 0.355 e. The minimum atomic E-state index is 0.612. The van der Waals surface area contributed by atoms with Gasteiger partial charge in [0, 0.05) is 39.3 Å². The molecular formula is C11H19ClN4. The maximum Gasteiger partial charge on any atom is 0.226 e. The fourth-order valence-corrected chi connectivity index (χ4v) is 1.65. The van der Waals surface area contributed by atoms with Crippen LogP contribution in [0.5, 0.6) is 0 Å². The van der Waals surface area contributed by atoms with Gasteiger partial charge in [-0.2, -0.15) is 4.98 Å². The molecule has 0 saturated carbocycles. The van der Waals surface area contributed by atoms with E-state index in [1.165, 1.54) is 0 Å². The van der Waals surface area contributed by atoms with Gasteiger partial charge in [-0.05, 0) is 12.5 Å². The summed E-state index contributed by atoms with van der Waals surface area (Å²) >= 11 is 5.79. The Kier molecular flexibility index (Phi) is 5.32. The summed E-state index contributed by atoms with van der Waals surface area (Å²) in [6, 6.07) is 1.93. The van der Waals surface area contributed by atoms with Gasteiger partial charge in [0.15, 0.2) is 0 Å². The molecule has 1 aromatic rings. The second-order valence-corrected chi connectivity index (χ2v) is 4.16. The third-order valence-electron chi connectivity index (χ3n) is 2.20. The molecule has 0 bridgehead atoms. The SMILES string of the molecule is CCCN(CCCl)c1ccnc(N(C)C)n1. The zero-order valence-electron chi connectivity index (χ0n) is 10.1. The highest BCUT2D eigenvalue weighted by Crippen LogP contribution is 2.13. The van der Waals surface area contributed by atoms with Crippen molar-refractivity contribution < 1.29 is 0 Å². The third kappa shape index (κ3) is 3.52. The molecule has 16 heavy (non-hydrogen) atoms. The smallest absolute Gasteiger partial charge is 0.226 e. The van der Waals surface area contributed by atoms with Crippen molar-refractivity contribution in [3.05, 3.63) is 12.3 Å². The number of aromatic nitrogens is 2. The minimum absolute atomic E-state index is 0.612. The van der Waals surface area contributed by atoms with Crippen LogP contribution in [0.2, 0.25) is 0 Å². The first-order valence-electron chi connectivity index (χ1n) is 5.50. The Balaban J connectivity index is 2.86. The van der Waals surface area contributed by atoms with Crippen molar-refractivity contribution in [2.45, 2.75) is 13.3 Å². The highest BCUT2D eigenvalue weighted by Gasteiger charge is 2.08. The van der Waals surface area contributed by atoms with E-state index in [1.54, 1.807) is 6.20 Å². The number of hydrogen-bond acceptors (Lipinski definition) is 4. The first-order chi connectivity index (χ1) is 7.69. The summed E-state index contributed by atoms with van der Waals surface area (Å²) in [6.07, 6.45) is 2.87. The van der Waals surface area contributed by atoms with Gasteiger partial charge in [-0.25, -0.2) is 4.98 Å². The fraction of sp³-hybridized carbons (Fsp3) is 0.636. The molecule has 4 nitrogen and oxygen atoms in total. The van der Waals surface area contributed by atoms with Gasteiger partial charge in [0.2, 0.25) is 5.95 Å². The van der Waals surface area contributed by atoms with Crippen LogP contribution >= 0.6 is 11.6 Å². The molecule has 0 atom stereocenters. The standard InChI is InChI=1S/C11H19ClN4/c1-4-8-16(9-6-12)10-5-7-13-11(14-10)15(2)3/h5,7H,4,6,8-9H2,1-3H3. The molecule has 1 rings (SSSR count). The van der Waals surface area contributed by atoms with Crippen LogP contribution in [-0.4, -0.2) is 43.0 Å². The number of alkyl halides is 1. The minimum Gasteiger partial charge on any atom is -0.355 e. The predicted molar refractivity (Wildman–Crippen MR) is 69.6 cm³/mol. The lowest BCUT2D eigenvalue weighted by atomic mass is 10.4. The molecule has 0 aliphatic heterocycles. The predicted octanol–water partition coefficient (Wildman–Crippen LogP) is 2.00. The molecule has 0 N–H and O–H groups in total. The van der Waals surface area contributed by atoms with Crippen LogP contribution in [0.4, 0.5) is 11.8 Å². The lowest BCUT2D eigenvalue weighted by Crippen LogP contribution is -2.28. The maximum absolute atomic E-state index is 5.79. The molecule has 0 aliphatic rings. The average Bonchev–Trinajstić information content (AvgIpc) is 2.29. The topological polar surface area (TPSA) is 32.3 Å². The molecule has 0 saturated heterocycles. The van der Waals surface area contributed by atoms with Crippen molar-refractivity contribution in [1.29, 1.82) is 0 Å². The Labute approximate surface area is 102 Å². The van der Waals surface area contributed by atoms with Gasteiger partial charge in [0.25, 0.3) is 0 Å². The van der Waals surface area contributed by atoms with Crippen molar-refractivity contribution >= 4 is 23.4 Å². The molecule has 5 heteroatoms. The van der Waals surface area contributed by atoms with Gasteiger partial charge >= 0.3 is 0 Å². The number of halogens is 1. The van der Waals surface area contributed by atoms with E-state index in [0.29, 0.717) is 5.88 Å². The first kappa shape index (κ1) is 13.0. The highest BCUT2D eigenvalue weighted by molar-refractivity contribution is 6.18. The average molecular weight is 243 g/mol. The van der Waals surface area contributed by atoms with E-state index in [4.69, 9.17) is 11.6 Å². The van der Waals surface area contributed by atoms with E-state index < -0.39 is 0 Å². The van der Waals surface area contributed by atoms with Gasteiger partial charge in [-0.1, -0.05) is 6.92 Å². The molecule has 0 aliphatic carbocycles. The molecule has 0 amide bonds. The van der Waals surface area contributed by atoms with Crippen molar-refractivity contribution in [1.82, 2.24) is 9.97 Å².